The first-order chi connectivity index (χ1) is 9.79. The van der Waals surface area contributed by atoms with E-state index in [-0.39, 0.29) is 6.42 Å². The summed E-state index contributed by atoms with van der Waals surface area (Å²) in [5.41, 5.74) is 2.73. The van der Waals surface area contributed by atoms with Crippen molar-refractivity contribution in [3.05, 3.63) is 71.9 Å². The van der Waals surface area contributed by atoms with E-state index < -0.39 is 6.10 Å². The van der Waals surface area contributed by atoms with E-state index in [1.807, 2.05) is 72.9 Å². The molecule has 100 valence electrons. The molecule has 0 spiro atoms. The first-order valence-corrected chi connectivity index (χ1v) is 6.43. The minimum atomic E-state index is -0.736. The summed E-state index contributed by atoms with van der Waals surface area (Å²) >= 11 is 0. The van der Waals surface area contributed by atoms with Crippen molar-refractivity contribution < 1.29 is 5.11 Å². The lowest BCUT2D eigenvalue weighted by Crippen LogP contribution is -1.97. The third-order valence-electron chi connectivity index (χ3n) is 2.88. The van der Waals surface area contributed by atoms with Gasteiger partial charge in [0.1, 0.15) is 0 Å². The molecule has 2 aromatic carbocycles. The molecular formula is C17H16N2O. The zero-order chi connectivity index (χ0) is 14.2. The minimum Gasteiger partial charge on any atom is -0.387 e. The lowest BCUT2D eigenvalue weighted by Gasteiger charge is -2.08. The highest BCUT2D eigenvalue weighted by atomic mass is 16.3. The Morgan fingerprint density at radius 3 is 2.70 bits per heavy atom. The van der Waals surface area contributed by atoms with Crippen LogP contribution in [0.1, 0.15) is 23.7 Å². The molecule has 0 radical (unpaired) electrons. The van der Waals surface area contributed by atoms with Gasteiger partial charge in [-0.3, -0.25) is 0 Å². The van der Waals surface area contributed by atoms with Gasteiger partial charge in [0.25, 0.3) is 0 Å². The number of hydrogen-bond acceptors (Lipinski definition) is 3. The van der Waals surface area contributed by atoms with Crippen molar-refractivity contribution in [1.82, 2.24) is 0 Å². The average Bonchev–Trinajstić information content (AvgIpc) is 2.49. The van der Waals surface area contributed by atoms with Gasteiger partial charge in [0.15, 0.2) is 0 Å². The van der Waals surface area contributed by atoms with Crippen LogP contribution >= 0.6 is 0 Å². The Hall–Kier alpha value is -2.57. The maximum Gasteiger partial charge on any atom is 0.0920 e. The number of nitrogens with zero attached hydrogens (tertiary/aromatic N) is 1. The molecule has 0 bridgehead atoms. The highest BCUT2D eigenvalue weighted by Gasteiger charge is 2.06. The van der Waals surface area contributed by atoms with Gasteiger partial charge in [-0.15, -0.1) is 0 Å². The van der Waals surface area contributed by atoms with Crippen molar-refractivity contribution in [2.24, 2.45) is 0 Å². The minimum absolute atomic E-state index is 0.101. The van der Waals surface area contributed by atoms with E-state index in [2.05, 4.69) is 5.32 Å². The van der Waals surface area contributed by atoms with Gasteiger partial charge in [0.05, 0.1) is 18.6 Å². The maximum absolute atomic E-state index is 9.78. The second-order valence-corrected chi connectivity index (χ2v) is 4.39. The van der Waals surface area contributed by atoms with Crippen LogP contribution in [-0.4, -0.2) is 5.11 Å². The molecule has 2 rings (SSSR count). The smallest absolute Gasteiger partial charge is 0.0920 e. The average molecular weight is 264 g/mol. The summed E-state index contributed by atoms with van der Waals surface area (Å²) in [5.74, 6) is 0. The van der Waals surface area contributed by atoms with Gasteiger partial charge in [-0.25, -0.2) is 0 Å². The van der Waals surface area contributed by atoms with E-state index in [1.165, 1.54) is 0 Å². The van der Waals surface area contributed by atoms with Crippen molar-refractivity contribution in [2.45, 2.75) is 12.5 Å². The molecule has 0 amide bonds. The van der Waals surface area contributed by atoms with Crippen LogP contribution in [0.3, 0.4) is 0 Å². The molecule has 0 aromatic heterocycles. The van der Waals surface area contributed by atoms with Crippen molar-refractivity contribution in [1.29, 1.82) is 5.26 Å². The van der Waals surface area contributed by atoms with Crippen molar-refractivity contribution >= 4 is 11.8 Å². The Morgan fingerprint density at radius 1 is 1.15 bits per heavy atom. The van der Waals surface area contributed by atoms with Crippen molar-refractivity contribution in [2.75, 3.05) is 5.32 Å². The Labute approximate surface area is 118 Å². The fourth-order valence-electron chi connectivity index (χ4n) is 1.84. The molecular weight excluding hydrogens is 248 g/mol. The van der Waals surface area contributed by atoms with Gasteiger partial charge in [0.2, 0.25) is 0 Å². The van der Waals surface area contributed by atoms with Crippen LogP contribution < -0.4 is 5.32 Å². The molecule has 0 aliphatic carbocycles. The summed E-state index contributed by atoms with van der Waals surface area (Å²) in [5, 5.41) is 21.5. The Bertz CT molecular complexity index is 614. The largest absolute Gasteiger partial charge is 0.387 e. The van der Waals surface area contributed by atoms with Crippen LogP contribution in [0.25, 0.3) is 6.08 Å². The maximum atomic E-state index is 9.78. The fourth-order valence-corrected chi connectivity index (χ4v) is 1.84. The number of aliphatic hydroxyl groups excluding tert-OH is 1. The molecule has 2 N–H and O–H groups in total. The lowest BCUT2D eigenvalue weighted by molar-refractivity contribution is 0.183. The first kappa shape index (κ1) is 13.9. The molecule has 3 heteroatoms. The van der Waals surface area contributed by atoms with E-state index in [0.717, 1.165) is 16.8 Å². The Balaban J connectivity index is 2.02. The molecule has 1 atom stereocenters. The zero-order valence-electron chi connectivity index (χ0n) is 11.0. The van der Waals surface area contributed by atoms with Crippen molar-refractivity contribution in [3.8, 4) is 6.07 Å². The number of benzene rings is 2. The zero-order valence-corrected chi connectivity index (χ0v) is 11.0. The van der Waals surface area contributed by atoms with E-state index in [9.17, 15) is 5.11 Å². The summed E-state index contributed by atoms with van der Waals surface area (Å²) < 4.78 is 0. The van der Waals surface area contributed by atoms with Crippen LogP contribution in [0.15, 0.2) is 60.8 Å². The Kier molecular flexibility index (Phi) is 4.94. The third-order valence-corrected chi connectivity index (χ3v) is 2.88. The SMILES string of the molecule is N#CCC(O)c1cccc(NC=Cc2ccccc2)c1. The topological polar surface area (TPSA) is 56.0 Å². The van der Waals surface area contributed by atoms with Gasteiger partial charge in [-0.1, -0.05) is 42.5 Å². The molecule has 3 nitrogen and oxygen atoms in total. The molecule has 0 saturated heterocycles. The quantitative estimate of drug-likeness (QED) is 0.865. The highest BCUT2D eigenvalue weighted by molar-refractivity contribution is 5.55. The van der Waals surface area contributed by atoms with Crippen LogP contribution in [0.4, 0.5) is 5.69 Å². The molecule has 20 heavy (non-hydrogen) atoms. The lowest BCUT2D eigenvalue weighted by atomic mass is 10.1. The van der Waals surface area contributed by atoms with E-state index in [0.29, 0.717) is 0 Å². The number of nitrogens with one attached hydrogen (secondary N) is 1. The van der Waals surface area contributed by atoms with Gasteiger partial charge < -0.3 is 10.4 Å². The standard InChI is InChI=1S/C17H16N2O/c18-11-9-17(20)15-7-4-8-16(13-15)19-12-10-14-5-2-1-3-6-14/h1-8,10,12-13,17,19-20H,9H2. The van der Waals surface area contributed by atoms with Crippen LogP contribution in [0.2, 0.25) is 0 Å². The number of hydrogen-bond donors (Lipinski definition) is 2. The molecule has 0 fully saturated rings. The number of anilines is 1. The monoisotopic (exact) mass is 264 g/mol. The van der Waals surface area contributed by atoms with Gasteiger partial charge >= 0.3 is 0 Å². The summed E-state index contributed by atoms with van der Waals surface area (Å²) in [4.78, 5) is 0. The Morgan fingerprint density at radius 2 is 1.95 bits per heavy atom. The van der Waals surface area contributed by atoms with Crippen molar-refractivity contribution in [3.63, 3.8) is 0 Å². The van der Waals surface area contributed by atoms with E-state index in [4.69, 9.17) is 5.26 Å². The molecule has 0 aliphatic heterocycles. The summed E-state index contributed by atoms with van der Waals surface area (Å²) in [6.45, 7) is 0. The predicted octanol–water partition coefficient (Wildman–Crippen LogP) is 3.72. The molecule has 0 saturated carbocycles. The van der Waals surface area contributed by atoms with Gasteiger partial charge in [-0.05, 0) is 29.3 Å². The highest BCUT2D eigenvalue weighted by Crippen LogP contribution is 2.19. The normalized spacial score (nSPS) is 12.0. The summed E-state index contributed by atoms with van der Waals surface area (Å²) in [6.07, 6.45) is 3.19. The van der Waals surface area contributed by atoms with Crippen LogP contribution in [-0.2, 0) is 0 Å². The number of nitriles is 1. The third kappa shape index (κ3) is 3.98. The molecule has 0 heterocycles. The van der Waals surface area contributed by atoms with Crippen LogP contribution in [0.5, 0.6) is 0 Å². The second kappa shape index (κ2) is 7.13. The first-order valence-electron chi connectivity index (χ1n) is 6.43. The summed E-state index contributed by atoms with van der Waals surface area (Å²) in [6, 6.07) is 19.4. The van der Waals surface area contributed by atoms with Gasteiger partial charge in [0, 0.05) is 11.9 Å². The fraction of sp³-hybridized carbons (Fsp3) is 0.118. The predicted molar refractivity (Wildman–Crippen MR) is 80.7 cm³/mol. The summed E-state index contributed by atoms with van der Waals surface area (Å²) in [7, 11) is 0. The van der Waals surface area contributed by atoms with E-state index in [1.54, 1.807) is 0 Å². The number of rotatable bonds is 5. The van der Waals surface area contributed by atoms with Gasteiger partial charge in [-0.2, -0.15) is 5.26 Å². The molecule has 0 aliphatic rings. The number of aliphatic hydroxyl groups is 1. The van der Waals surface area contributed by atoms with E-state index >= 15 is 0 Å². The second-order valence-electron chi connectivity index (χ2n) is 4.39. The van der Waals surface area contributed by atoms with Crippen LogP contribution in [0, 0.1) is 11.3 Å². The molecule has 2 aromatic rings. The molecule has 1 unspecified atom stereocenters.